The summed E-state index contributed by atoms with van der Waals surface area (Å²) < 4.78 is 5.14. The number of nitrogen functional groups attached to an aromatic ring is 1. The number of aromatic nitrogens is 1. The van der Waals surface area contributed by atoms with Gasteiger partial charge in [-0.05, 0) is 13.8 Å². The number of hydrogen-bond donors (Lipinski definition) is 1. The lowest BCUT2D eigenvalue weighted by Crippen LogP contribution is -1.98. The Morgan fingerprint density at radius 2 is 2.09 bits per heavy atom. The minimum absolute atomic E-state index is 0.535. The van der Waals surface area contributed by atoms with Gasteiger partial charge in [0.1, 0.15) is 11.6 Å². The van der Waals surface area contributed by atoms with Crippen molar-refractivity contribution in [2.24, 2.45) is 0 Å². The van der Waals surface area contributed by atoms with E-state index in [4.69, 9.17) is 10.5 Å². The third kappa shape index (κ3) is 1.27. The van der Waals surface area contributed by atoms with E-state index in [1.165, 1.54) is 0 Å². The summed E-state index contributed by atoms with van der Waals surface area (Å²) in [6.45, 7) is 3.84. The maximum atomic E-state index is 5.57. The van der Waals surface area contributed by atoms with Crippen LogP contribution in [0.5, 0.6) is 5.75 Å². The number of anilines is 1. The van der Waals surface area contributed by atoms with Crippen LogP contribution < -0.4 is 10.5 Å². The maximum Gasteiger partial charge on any atom is 0.129 e. The van der Waals surface area contributed by atoms with Gasteiger partial charge in [-0.1, -0.05) is 0 Å². The summed E-state index contributed by atoms with van der Waals surface area (Å²) >= 11 is 0. The second kappa shape index (κ2) is 2.78. The molecule has 0 radical (unpaired) electrons. The van der Waals surface area contributed by atoms with Crippen LogP contribution in [0.15, 0.2) is 6.20 Å². The van der Waals surface area contributed by atoms with E-state index < -0.39 is 0 Å². The monoisotopic (exact) mass is 152 g/mol. The molecule has 2 N–H and O–H groups in total. The van der Waals surface area contributed by atoms with Gasteiger partial charge in [0.15, 0.2) is 0 Å². The molecule has 3 nitrogen and oxygen atoms in total. The van der Waals surface area contributed by atoms with Gasteiger partial charge in [0.25, 0.3) is 0 Å². The Hall–Kier alpha value is -1.25. The quantitative estimate of drug-likeness (QED) is 0.659. The topological polar surface area (TPSA) is 48.1 Å². The van der Waals surface area contributed by atoms with Gasteiger partial charge in [0.05, 0.1) is 7.11 Å². The Morgan fingerprint density at radius 3 is 2.55 bits per heavy atom. The number of aryl methyl sites for hydroxylation is 1. The molecule has 0 aliphatic rings. The molecule has 0 aliphatic carbocycles. The van der Waals surface area contributed by atoms with Crippen molar-refractivity contribution in [1.29, 1.82) is 0 Å². The molecule has 0 amide bonds. The van der Waals surface area contributed by atoms with Crippen molar-refractivity contribution in [3.8, 4) is 5.75 Å². The lowest BCUT2D eigenvalue weighted by molar-refractivity contribution is 0.408. The summed E-state index contributed by atoms with van der Waals surface area (Å²) in [4.78, 5) is 3.98. The van der Waals surface area contributed by atoms with E-state index in [-0.39, 0.29) is 0 Å². The third-order valence-electron chi connectivity index (χ3n) is 1.68. The van der Waals surface area contributed by atoms with Crippen LogP contribution in [0.1, 0.15) is 11.1 Å². The Labute approximate surface area is 66.2 Å². The van der Waals surface area contributed by atoms with Gasteiger partial charge in [0.2, 0.25) is 0 Å². The highest BCUT2D eigenvalue weighted by molar-refractivity contribution is 5.50. The van der Waals surface area contributed by atoms with Gasteiger partial charge in [0, 0.05) is 17.3 Å². The average molecular weight is 152 g/mol. The molecule has 0 unspecified atom stereocenters. The van der Waals surface area contributed by atoms with Crippen LogP contribution in [-0.2, 0) is 0 Å². The fraction of sp³-hybridized carbons (Fsp3) is 0.375. The van der Waals surface area contributed by atoms with E-state index in [1.807, 2.05) is 13.8 Å². The van der Waals surface area contributed by atoms with Gasteiger partial charge in [-0.25, -0.2) is 4.98 Å². The lowest BCUT2D eigenvalue weighted by Gasteiger charge is -2.08. The molecule has 0 aromatic carbocycles. The van der Waals surface area contributed by atoms with Gasteiger partial charge in [-0.3, -0.25) is 0 Å². The summed E-state index contributed by atoms with van der Waals surface area (Å²) in [5.41, 5.74) is 7.50. The lowest BCUT2D eigenvalue weighted by atomic mass is 10.2. The highest BCUT2D eigenvalue weighted by Crippen LogP contribution is 2.24. The van der Waals surface area contributed by atoms with E-state index in [9.17, 15) is 0 Å². The number of methoxy groups -OCH3 is 1. The molecular weight excluding hydrogens is 140 g/mol. The minimum atomic E-state index is 0.535. The molecular formula is C8H12N2O. The van der Waals surface area contributed by atoms with Crippen molar-refractivity contribution in [3.05, 3.63) is 17.3 Å². The summed E-state index contributed by atoms with van der Waals surface area (Å²) in [5.74, 6) is 1.37. The zero-order valence-electron chi connectivity index (χ0n) is 7.01. The normalized spacial score (nSPS) is 9.73. The van der Waals surface area contributed by atoms with Crippen molar-refractivity contribution in [1.82, 2.24) is 4.98 Å². The van der Waals surface area contributed by atoms with Crippen LogP contribution in [0.2, 0.25) is 0 Å². The summed E-state index contributed by atoms with van der Waals surface area (Å²) in [5, 5.41) is 0. The number of ether oxygens (including phenoxy) is 1. The fourth-order valence-corrected chi connectivity index (χ4v) is 1.05. The van der Waals surface area contributed by atoms with Gasteiger partial charge < -0.3 is 10.5 Å². The molecule has 1 rings (SSSR count). The summed E-state index contributed by atoms with van der Waals surface area (Å²) in [6, 6.07) is 0. The SMILES string of the molecule is COc1c(C)cnc(N)c1C. The molecule has 0 bridgehead atoms. The average Bonchev–Trinajstić information content (AvgIpc) is 1.99. The zero-order chi connectivity index (χ0) is 8.43. The van der Waals surface area contributed by atoms with E-state index in [2.05, 4.69) is 4.98 Å². The Kier molecular flexibility index (Phi) is 1.98. The molecule has 1 aromatic rings. The van der Waals surface area contributed by atoms with E-state index in [1.54, 1.807) is 13.3 Å². The molecule has 0 saturated heterocycles. The van der Waals surface area contributed by atoms with Crippen LogP contribution in [0.25, 0.3) is 0 Å². The first-order chi connectivity index (χ1) is 5.16. The number of hydrogen-bond acceptors (Lipinski definition) is 3. The molecule has 0 fully saturated rings. The standard InChI is InChI=1S/C8H12N2O/c1-5-4-10-8(9)6(2)7(5)11-3/h4H,1-3H3,(H2,9,10). The van der Waals surface area contributed by atoms with Crippen molar-refractivity contribution >= 4 is 5.82 Å². The maximum absolute atomic E-state index is 5.57. The van der Waals surface area contributed by atoms with Gasteiger partial charge >= 0.3 is 0 Å². The highest BCUT2D eigenvalue weighted by atomic mass is 16.5. The Morgan fingerprint density at radius 1 is 1.45 bits per heavy atom. The Balaban J connectivity index is 3.29. The predicted octanol–water partition coefficient (Wildman–Crippen LogP) is 1.29. The van der Waals surface area contributed by atoms with E-state index in [0.717, 1.165) is 16.9 Å². The number of rotatable bonds is 1. The first kappa shape index (κ1) is 7.85. The van der Waals surface area contributed by atoms with E-state index in [0.29, 0.717) is 5.82 Å². The molecule has 0 aliphatic heterocycles. The van der Waals surface area contributed by atoms with Crippen molar-refractivity contribution in [2.75, 3.05) is 12.8 Å². The Bertz CT molecular complexity index is 271. The fourth-order valence-electron chi connectivity index (χ4n) is 1.05. The summed E-state index contributed by atoms with van der Waals surface area (Å²) in [7, 11) is 1.63. The smallest absolute Gasteiger partial charge is 0.129 e. The minimum Gasteiger partial charge on any atom is -0.496 e. The molecule has 0 saturated carbocycles. The largest absolute Gasteiger partial charge is 0.496 e. The molecule has 0 spiro atoms. The van der Waals surface area contributed by atoms with Crippen LogP contribution >= 0.6 is 0 Å². The number of pyridine rings is 1. The van der Waals surface area contributed by atoms with Crippen molar-refractivity contribution in [3.63, 3.8) is 0 Å². The second-order valence-corrected chi connectivity index (χ2v) is 2.48. The molecule has 60 valence electrons. The van der Waals surface area contributed by atoms with Crippen LogP contribution in [0.3, 0.4) is 0 Å². The number of nitrogens with zero attached hydrogens (tertiary/aromatic N) is 1. The van der Waals surface area contributed by atoms with Gasteiger partial charge in [-0.15, -0.1) is 0 Å². The molecule has 1 heterocycles. The van der Waals surface area contributed by atoms with E-state index >= 15 is 0 Å². The van der Waals surface area contributed by atoms with Crippen LogP contribution in [0.4, 0.5) is 5.82 Å². The van der Waals surface area contributed by atoms with Gasteiger partial charge in [-0.2, -0.15) is 0 Å². The van der Waals surface area contributed by atoms with Crippen LogP contribution in [-0.4, -0.2) is 12.1 Å². The van der Waals surface area contributed by atoms with Crippen molar-refractivity contribution < 1.29 is 4.74 Å². The molecule has 0 atom stereocenters. The third-order valence-corrected chi connectivity index (χ3v) is 1.68. The van der Waals surface area contributed by atoms with Crippen LogP contribution in [0, 0.1) is 13.8 Å². The first-order valence-corrected chi connectivity index (χ1v) is 3.42. The first-order valence-electron chi connectivity index (χ1n) is 3.42. The second-order valence-electron chi connectivity index (χ2n) is 2.48. The van der Waals surface area contributed by atoms with Crippen molar-refractivity contribution in [2.45, 2.75) is 13.8 Å². The molecule has 1 aromatic heterocycles. The predicted molar refractivity (Wildman–Crippen MR) is 44.7 cm³/mol. The number of nitrogens with two attached hydrogens (primary N) is 1. The summed E-state index contributed by atoms with van der Waals surface area (Å²) in [6.07, 6.45) is 1.71. The molecule has 11 heavy (non-hydrogen) atoms. The zero-order valence-corrected chi connectivity index (χ0v) is 7.01. The highest BCUT2D eigenvalue weighted by Gasteiger charge is 2.05. The molecule has 3 heteroatoms.